The molecule has 158 valence electrons. The van der Waals surface area contributed by atoms with Gasteiger partial charge < -0.3 is 10.1 Å². The number of hydrogen-bond acceptors (Lipinski definition) is 4. The second kappa shape index (κ2) is 9.31. The Kier molecular flexibility index (Phi) is 6.98. The van der Waals surface area contributed by atoms with E-state index in [1.807, 2.05) is 0 Å². The topological polar surface area (TPSA) is 82.4 Å². The maximum Gasteiger partial charge on any atom is 0.216 e. The molecule has 1 saturated heterocycles. The van der Waals surface area contributed by atoms with Crippen molar-refractivity contribution in [1.82, 2.24) is 9.62 Å². The number of benzene rings is 2. The van der Waals surface area contributed by atoms with E-state index in [0.717, 1.165) is 6.07 Å². The van der Waals surface area contributed by atoms with Gasteiger partial charge in [0.1, 0.15) is 28.6 Å². The smallest absolute Gasteiger partial charge is 0.216 e. The monoisotopic (exact) mass is 469 g/mol. The first-order valence-corrected chi connectivity index (χ1v) is 10.8. The number of hydrogen-bond donors (Lipinski definition) is 1. The van der Waals surface area contributed by atoms with Crippen molar-refractivity contribution in [3.05, 3.63) is 57.8 Å². The molecule has 2 aromatic rings. The lowest BCUT2D eigenvalue weighted by molar-refractivity contribution is -0.120. The number of nitrogens with zero attached hydrogens (tertiary/aromatic N) is 2. The molecule has 1 aliphatic rings. The van der Waals surface area contributed by atoms with Gasteiger partial charge in [-0.2, -0.15) is 5.26 Å². The van der Waals surface area contributed by atoms with Crippen LogP contribution >= 0.6 is 23.2 Å². The van der Waals surface area contributed by atoms with Crippen molar-refractivity contribution in [2.75, 3.05) is 26.2 Å². The Bertz CT molecular complexity index is 1040. The van der Waals surface area contributed by atoms with Crippen LogP contribution in [0.3, 0.4) is 0 Å². The van der Waals surface area contributed by atoms with E-state index in [4.69, 9.17) is 33.2 Å². The molecule has 0 bridgehead atoms. The maximum absolute atomic E-state index is 13.8. The standard InChI is InChI=1S/C20H18Cl2FN3O3S/c1-13(27)25-9-20(12-29-16-4-2-14(8-24)18(23)7-16)10-26(11-20)30(28)19-5-3-15(21)6-17(19)22/h2-7H,9-12H2,1H3,(H,25,27). The second-order valence-electron chi connectivity index (χ2n) is 7.07. The van der Waals surface area contributed by atoms with Crippen LogP contribution in [0.5, 0.6) is 5.75 Å². The number of amides is 1. The molecular formula is C20H18Cl2FN3O3S. The van der Waals surface area contributed by atoms with Crippen LogP contribution < -0.4 is 10.1 Å². The summed E-state index contributed by atoms with van der Waals surface area (Å²) in [5.41, 5.74) is -0.578. The largest absolute Gasteiger partial charge is 0.493 e. The predicted molar refractivity (Wildman–Crippen MR) is 112 cm³/mol. The second-order valence-corrected chi connectivity index (χ2v) is 9.37. The summed E-state index contributed by atoms with van der Waals surface area (Å²) in [4.78, 5) is 11.8. The molecule has 0 spiro atoms. The molecule has 1 amide bonds. The van der Waals surface area contributed by atoms with Gasteiger partial charge in [0, 0.05) is 43.1 Å². The van der Waals surface area contributed by atoms with Crippen LogP contribution in [0.4, 0.5) is 4.39 Å². The van der Waals surface area contributed by atoms with Crippen LogP contribution in [0, 0.1) is 22.6 Å². The first-order valence-electron chi connectivity index (χ1n) is 8.92. The van der Waals surface area contributed by atoms with Crippen molar-refractivity contribution in [3.8, 4) is 11.8 Å². The first-order chi connectivity index (χ1) is 14.2. The summed E-state index contributed by atoms with van der Waals surface area (Å²) in [7, 11) is -1.50. The van der Waals surface area contributed by atoms with E-state index >= 15 is 0 Å². The highest BCUT2D eigenvalue weighted by molar-refractivity contribution is 7.82. The van der Waals surface area contributed by atoms with E-state index < -0.39 is 22.2 Å². The number of nitrogens with one attached hydrogen (secondary N) is 1. The zero-order valence-electron chi connectivity index (χ0n) is 16.0. The number of ether oxygens (including phenoxy) is 1. The lowest BCUT2D eigenvalue weighted by Gasteiger charge is -2.48. The number of carbonyl (C=O) groups excluding carboxylic acids is 1. The van der Waals surface area contributed by atoms with Crippen molar-refractivity contribution in [2.45, 2.75) is 11.8 Å². The van der Waals surface area contributed by atoms with Crippen LogP contribution in [0.1, 0.15) is 12.5 Å². The number of halogens is 3. The van der Waals surface area contributed by atoms with Gasteiger partial charge in [0.25, 0.3) is 0 Å². The molecule has 0 radical (unpaired) electrons. The highest BCUT2D eigenvalue weighted by Crippen LogP contribution is 2.36. The summed E-state index contributed by atoms with van der Waals surface area (Å²) in [5, 5.41) is 12.4. The highest BCUT2D eigenvalue weighted by Gasteiger charge is 2.47. The molecule has 1 unspecified atom stereocenters. The van der Waals surface area contributed by atoms with Gasteiger partial charge >= 0.3 is 0 Å². The third-order valence-corrected chi connectivity index (χ3v) is 6.78. The lowest BCUT2D eigenvalue weighted by atomic mass is 9.82. The third kappa shape index (κ3) is 5.10. The molecule has 0 aliphatic carbocycles. The number of rotatable bonds is 7. The molecular weight excluding hydrogens is 452 g/mol. The summed E-state index contributed by atoms with van der Waals surface area (Å²) in [6.07, 6.45) is 0. The Hall–Kier alpha value is -2.18. The van der Waals surface area contributed by atoms with E-state index in [1.165, 1.54) is 25.1 Å². The molecule has 1 fully saturated rings. The molecule has 10 heteroatoms. The molecule has 3 rings (SSSR count). The first kappa shape index (κ1) is 22.5. The summed E-state index contributed by atoms with van der Waals surface area (Å²) in [6.45, 7) is 2.63. The minimum atomic E-state index is -1.50. The third-order valence-electron chi connectivity index (χ3n) is 4.66. The molecule has 0 aromatic heterocycles. The number of nitriles is 1. The minimum absolute atomic E-state index is 0.0691. The van der Waals surface area contributed by atoms with E-state index in [0.29, 0.717) is 34.6 Å². The zero-order chi connectivity index (χ0) is 21.9. The van der Waals surface area contributed by atoms with Crippen molar-refractivity contribution < 1.29 is 18.1 Å². The van der Waals surface area contributed by atoms with Crippen LogP contribution in [0.2, 0.25) is 10.0 Å². The average Bonchev–Trinajstić information content (AvgIpc) is 2.66. The molecule has 1 aliphatic heterocycles. The highest BCUT2D eigenvalue weighted by atomic mass is 35.5. The van der Waals surface area contributed by atoms with Crippen LogP contribution in [0.25, 0.3) is 0 Å². The molecule has 1 heterocycles. The summed E-state index contributed by atoms with van der Waals surface area (Å²) < 4.78 is 34.1. The van der Waals surface area contributed by atoms with Gasteiger partial charge in [-0.25, -0.2) is 12.9 Å². The summed E-state index contributed by atoms with van der Waals surface area (Å²) in [5.74, 6) is -0.590. The molecule has 0 saturated carbocycles. The van der Waals surface area contributed by atoms with Gasteiger partial charge in [-0.1, -0.05) is 23.2 Å². The van der Waals surface area contributed by atoms with Crippen molar-refractivity contribution >= 4 is 40.1 Å². The summed E-state index contributed by atoms with van der Waals surface area (Å²) >= 11 is 12.1. The van der Waals surface area contributed by atoms with Gasteiger partial charge in [0.15, 0.2) is 0 Å². The Morgan fingerprint density at radius 3 is 2.67 bits per heavy atom. The van der Waals surface area contributed by atoms with Gasteiger partial charge in [-0.15, -0.1) is 0 Å². The van der Waals surface area contributed by atoms with Gasteiger partial charge in [-0.05, 0) is 30.3 Å². The van der Waals surface area contributed by atoms with Crippen molar-refractivity contribution in [1.29, 1.82) is 5.26 Å². The van der Waals surface area contributed by atoms with Crippen LogP contribution in [-0.4, -0.2) is 40.7 Å². The quantitative estimate of drug-likeness (QED) is 0.671. The molecule has 30 heavy (non-hydrogen) atoms. The van der Waals surface area contributed by atoms with E-state index in [2.05, 4.69) is 5.32 Å². The van der Waals surface area contributed by atoms with Gasteiger partial charge in [0.2, 0.25) is 5.91 Å². The Morgan fingerprint density at radius 1 is 1.33 bits per heavy atom. The Morgan fingerprint density at radius 2 is 2.07 bits per heavy atom. The molecule has 1 N–H and O–H groups in total. The zero-order valence-corrected chi connectivity index (χ0v) is 18.3. The molecule has 6 nitrogen and oxygen atoms in total. The average molecular weight is 470 g/mol. The van der Waals surface area contributed by atoms with Crippen LogP contribution in [-0.2, 0) is 15.8 Å². The fourth-order valence-electron chi connectivity index (χ4n) is 3.05. The fraction of sp³-hybridized carbons (Fsp3) is 0.300. The molecule has 1 atom stereocenters. The lowest BCUT2D eigenvalue weighted by Crippen LogP contribution is -2.63. The van der Waals surface area contributed by atoms with Gasteiger partial charge in [-0.3, -0.25) is 4.79 Å². The number of carbonyl (C=O) groups is 1. The van der Waals surface area contributed by atoms with E-state index in [9.17, 15) is 13.4 Å². The van der Waals surface area contributed by atoms with Crippen LogP contribution in [0.15, 0.2) is 41.3 Å². The molecule has 2 aromatic carbocycles. The van der Waals surface area contributed by atoms with E-state index in [1.54, 1.807) is 22.5 Å². The summed E-state index contributed by atoms with van der Waals surface area (Å²) in [6, 6.07) is 10.5. The fourth-order valence-corrected chi connectivity index (χ4v) is 5.13. The predicted octanol–water partition coefficient (Wildman–Crippen LogP) is 3.54. The maximum atomic E-state index is 13.8. The van der Waals surface area contributed by atoms with Crippen molar-refractivity contribution in [2.24, 2.45) is 5.41 Å². The van der Waals surface area contributed by atoms with Gasteiger partial charge in [0.05, 0.1) is 22.1 Å². The normalized spacial score (nSPS) is 16.2. The Balaban J connectivity index is 1.70. The Labute approximate surface area is 186 Å². The SMILES string of the molecule is CC(=O)NCC1(COc2ccc(C#N)c(F)c2)CN(S(=O)c2ccc(Cl)cc2Cl)C1. The van der Waals surface area contributed by atoms with E-state index in [-0.39, 0.29) is 23.8 Å². The van der Waals surface area contributed by atoms with Crippen molar-refractivity contribution in [3.63, 3.8) is 0 Å². The minimum Gasteiger partial charge on any atom is -0.493 e.